The van der Waals surface area contributed by atoms with Crippen molar-refractivity contribution in [3.05, 3.63) is 89.9 Å². The molecule has 2 aromatic carbocycles. The third-order valence-corrected chi connectivity index (χ3v) is 5.33. The van der Waals surface area contributed by atoms with Gasteiger partial charge in [0.2, 0.25) is 5.95 Å². The van der Waals surface area contributed by atoms with E-state index in [9.17, 15) is 15.0 Å². The number of nitrogens with zero attached hydrogens (tertiary/aromatic N) is 4. The van der Waals surface area contributed by atoms with Crippen molar-refractivity contribution in [2.45, 2.75) is 13.0 Å². The van der Waals surface area contributed by atoms with Gasteiger partial charge in [0.1, 0.15) is 17.5 Å². The van der Waals surface area contributed by atoms with Gasteiger partial charge in [-0.25, -0.2) is 4.68 Å². The van der Waals surface area contributed by atoms with Crippen molar-refractivity contribution in [2.75, 3.05) is 10.6 Å². The molecule has 9 heteroatoms. The van der Waals surface area contributed by atoms with Crippen LogP contribution in [0, 0.1) is 0 Å². The summed E-state index contributed by atoms with van der Waals surface area (Å²) < 4.78 is 1.64. The molecule has 1 atom stereocenters. The first-order valence-electron chi connectivity index (χ1n) is 10.2. The molecule has 1 unspecified atom stereocenters. The molecular weight excluding hydrogens is 420 g/mol. The molecule has 1 amide bonds. The molecule has 9 nitrogen and oxygen atoms in total. The van der Waals surface area contributed by atoms with E-state index >= 15 is 0 Å². The Balaban J connectivity index is 1.61. The molecule has 33 heavy (non-hydrogen) atoms. The Morgan fingerprint density at radius 3 is 2.61 bits per heavy atom. The van der Waals surface area contributed by atoms with E-state index in [0.29, 0.717) is 34.3 Å². The average molecular weight is 440 g/mol. The number of carbonyl (C=O) groups excluding carboxylic acids is 1. The largest absolute Gasteiger partial charge is 0.508 e. The van der Waals surface area contributed by atoms with Gasteiger partial charge < -0.3 is 20.8 Å². The topological polar surface area (TPSA) is 125 Å². The lowest BCUT2D eigenvalue weighted by Gasteiger charge is -2.28. The monoisotopic (exact) mass is 440 g/mol. The van der Waals surface area contributed by atoms with E-state index in [1.165, 1.54) is 0 Å². The van der Waals surface area contributed by atoms with E-state index in [1.54, 1.807) is 84.7 Å². The first kappa shape index (κ1) is 20.3. The molecule has 0 spiro atoms. The summed E-state index contributed by atoms with van der Waals surface area (Å²) in [5.41, 5.74) is 3.03. The molecule has 5 rings (SSSR count). The van der Waals surface area contributed by atoms with Crippen LogP contribution in [0.15, 0.2) is 84.3 Å². The Hall–Kier alpha value is -4.66. The van der Waals surface area contributed by atoms with Crippen molar-refractivity contribution in [3.63, 3.8) is 0 Å². The predicted molar refractivity (Wildman–Crippen MR) is 123 cm³/mol. The number of aromatic hydroxyl groups is 2. The van der Waals surface area contributed by atoms with Crippen molar-refractivity contribution >= 4 is 17.5 Å². The zero-order valence-electron chi connectivity index (χ0n) is 17.6. The standard InChI is InChI=1S/C24H20N6O3/c1-14-20(23(33)27-17-5-3-11-25-13-17)21(15-7-9-18(31)10-8-15)30-24(26-14)28-22(29-30)16-4-2-6-19(32)12-16/h2-13,21,31-32H,1H3,(H,27,33)(H,26,28,29). The van der Waals surface area contributed by atoms with Crippen molar-refractivity contribution in [3.8, 4) is 22.9 Å². The van der Waals surface area contributed by atoms with Gasteiger partial charge in [-0.3, -0.25) is 9.78 Å². The maximum Gasteiger partial charge on any atom is 0.255 e. The van der Waals surface area contributed by atoms with Crippen LogP contribution in [0.4, 0.5) is 11.6 Å². The number of hydrogen-bond donors (Lipinski definition) is 4. The molecule has 3 heterocycles. The van der Waals surface area contributed by atoms with Gasteiger partial charge in [0, 0.05) is 17.5 Å². The number of phenols is 2. The highest BCUT2D eigenvalue weighted by Gasteiger charge is 2.34. The lowest BCUT2D eigenvalue weighted by Crippen LogP contribution is -2.31. The first-order valence-corrected chi connectivity index (χ1v) is 10.2. The summed E-state index contributed by atoms with van der Waals surface area (Å²) in [7, 11) is 0. The number of allylic oxidation sites excluding steroid dienone is 1. The molecule has 2 aromatic heterocycles. The van der Waals surface area contributed by atoms with E-state index in [-0.39, 0.29) is 17.4 Å². The zero-order chi connectivity index (χ0) is 22.9. The molecule has 0 saturated heterocycles. The summed E-state index contributed by atoms with van der Waals surface area (Å²) in [6.07, 6.45) is 3.20. The van der Waals surface area contributed by atoms with Crippen LogP contribution in [-0.4, -0.2) is 35.9 Å². The molecule has 0 saturated carbocycles. The van der Waals surface area contributed by atoms with E-state index in [1.807, 2.05) is 0 Å². The number of phenolic OH excluding ortho intramolecular Hbond substituents is 2. The second-order valence-corrected chi connectivity index (χ2v) is 7.61. The number of fused-ring (bicyclic) bond motifs is 1. The predicted octanol–water partition coefficient (Wildman–Crippen LogP) is 3.68. The molecular formula is C24H20N6O3. The highest BCUT2D eigenvalue weighted by Crippen LogP contribution is 2.37. The third-order valence-electron chi connectivity index (χ3n) is 5.33. The minimum atomic E-state index is -0.600. The summed E-state index contributed by atoms with van der Waals surface area (Å²) >= 11 is 0. The fourth-order valence-electron chi connectivity index (χ4n) is 3.81. The number of rotatable bonds is 4. The number of aromatic nitrogens is 4. The second-order valence-electron chi connectivity index (χ2n) is 7.61. The minimum absolute atomic E-state index is 0.106. The molecule has 1 aliphatic heterocycles. The van der Waals surface area contributed by atoms with E-state index in [4.69, 9.17) is 0 Å². The number of anilines is 2. The molecule has 164 valence electrons. The molecule has 0 fully saturated rings. The number of hydrogen-bond acceptors (Lipinski definition) is 7. The van der Waals surface area contributed by atoms with E-state index in [2.05, 4.69) is 25.7 Å². The number of pyridine rings is 1. The van der Waals surface area contributed by atoms with Gasteiger partial charge in [0.05, 0.1) is 17.5 Å². The highest BCUT2D eigenvalue weighted by molar-refractivity contribution is 6.05. The van der Waals surface area contributed by atoms with Crippen molar-refractivity contribution in [1.82, 2.24) is 19.7 Å². The number of amides is 1. The summed E-state index contributed by atoms with van der Waals surface area (Å²) in [5.74, 6) is 0.773. The SMILES string of the molecule is CC1=C(C(=O)Nc2cccnc2)C(c2ccc(O)cc2)n2nc(-c3cccc(O)c3)nc2N1. The van der Waals surface area contributed by atoms with Crippen molar-refractivity contribution < 1.29 is 15.0 Å². The van der Waals surface area contributed by atoms with Gasteiger partial charge in [-0.05, 0) is 48.9 Å². The Bertz CT molecular complexity index is 1360. The third kappa shape index (κ3) is 3.87. The summed E-state index contributed by atoms with van der Waals surface area (Å²) in [4.78, 5) is 22.0. The number of benzene rings is 2. The van der Waals surface area contributed by atoms with E-state index < -0.39 is 6.04 Å². The van der Waals surface area contributed by atoms with Crippen molar-refractivity contribution in [2.24, 2.45) is 0 Å². The molecule has 0 radical (unpaired) electrons. The Morgan fingerprint density at radius 2 is 1.88 bits per heavy atom. The van der Waals surface area contributed by atoms with Crippen LogP contribution in [0.3, 0.4) is 0 Å². The maximum atomic E-state index is 13.4. The number of nitrogens with one attached hydrogen (secondary N) is 2. The molecule has 4 N–H and O–H groups in total. The minimum Gasteiger partial charge on any atom is -0.508 e. The van der Waals surface area contributed by atoms with Gasteiger partial charge >= 0.3 is 0 Å². The Labute approximate surface area is 189 Å². The highest BCUT2D eigenvalue weighted by atomic mass is 16.3. The Morgan fingerprint density at radius 1 is 1.06 bits per heavy atom. The average Bonchev–Trinajstić information content (AvgIpc) is 3.23. The van der Waals surface area contributed by atoms with E-state index in [0.717, 1.165) is 5.56 Å². The van der Waals surface area contributed by atoms with Gasteiger partial charge in [0.25, 0.3) is 5.91 Å². The van der Waals surface area contributed by atoms with Gasteiger partial charge in [-0.2, -0.15) is 4.98 Å². The van der Waals surface area contributed by atoms with Crippen LogP contribution >= 0.6 is 0 Å². The molecule has 1 aliphatic rings. The second kappa shape index (κ2) is 8.12. The lowest BCUT2D eigenvalue weighted by molar-refractivity contribution is -0.113. The van der Waals surface area contributed by atoms with Crippen LogP contribution < -0.4 is 10.6 Å². The van der Waals surface area contributed by atoms with Gasteiger partial charge in [0.15, 0.2) is 5.82 Å². The van der Waals surface area contributed by atoms with Crippen LogP contribution in [0.5, 0.6) is 11.5 Å². The quantitative estimate of drug-likeness (QED) is 0.381. The lowest BCUT2D eigenvalue weighted by atomic mass is 9.95. The molecule has 0 aliphatic carbocycles. The molecule has 4 aromatic rings. The Kier molecular flexibility index (Phi) is 4.98. The van der Waals surface area contributed by atoms with Crippen molar-refractivity contribution in [1.29, 1.82) is 0 Å². The van der Waals surface area contributed by atoms with Crippen LogP contribution in [0.1, 0.15) is 18.5 Å². The van der Waals surface area contributed by atoms with Crippen LogP contribution in [0.25, 0.3) is 11.4 Å². The smallest absolute Gasteiger partial charge is 0.255 e. The molecule has 0 bridgehead atoms. The zero-order valence-corrected chi connectivity index (χ0v) is 17.6. The normalized spacial score (nSPS) is 15.0. The summed E-state index contributed by atoms with van der Waals surface area (Å²) in [5, 5.41) is 30.4. The number of carbonyl (C=O) groups is 1. The van der Waals surface area contributed by atoms with Crippen LogP contribution in [-0.2, 0) is 4.79 Å². The summed E-state index contributed by atoms with van der Waals surface area (Å²) in [6.45, 7) is 1.80. The van der Waals surface area contributed by atoms with Crippen LogP contribution in [0.2, 0.25) is 0 Å². The first-order chi connectivity index (χ1) is 16.0. The fraction of sp³-hybridized carbons (Fsp3) is 0.0833. The van der Waals surface area contributed by atoms with Gasteiger partial charge in [-0.1, -0.05) is 24.3 Å². The summed E-state index contributed by atoms with van der Waals surface area (Å²) in [6, 6.07) is 16.2. The maximum absolute atomic E-state index is 13.4. The fourth-order valence-corrected chi connectivity index (χ4v) is 3.81. The van der Waals surface area contributed by atoms with Gasteiger partial charge in [-0.15, -0.1) is 5.10 Å².